The molecule has 6 heteroatoms. The van der Waals surface area contributed by atoms with Gasteiger partial charge in [0.2, 0.25) is 5.91 Å². The number of nitrogens with two attached hydrogens (primary N) is 1. The van der Waals surface area contributed by atoms with Gasteiger partial charge in [0.15, 0.2) is 0 Å². The van der Waals surface area contributed by atoms with Crippen molar-refractivity contribution in [3.63, 3.8) is 0 Å². The molecule has 2 fully saturated rings. The fourth-order valence-electron chi connectivity index (χ4n) is 4.01. The molecule has 1 saturated carbocycles. The van der Waals surface area contributed by atoms with Crippen LogP contribution in [0.2, 0.25) is 0 Å². The van der Waals surface area contributed by atoms with Gasteiger partial charge in [-0.1, -0.05) is 35.8 Å². The third kappa shape index (κ3) is 2.62. The van der Waals surface area contributed by atoms with Crippen molar-refractivity contribution in [3.05, 3.63) is 28.2 Å². The highest BCUT2D eigenvalue weighted by Gasteiger charge is 2.70. The minimum Gasteiger partial charge on any atom is -0.377 e. The predicted molar refractivity (Wildman–Crippen MR) is 97.9 cm³/mol. The van der Waals surface area contributed by atoms with Gasteiger partial charge in [0.05, 0.1) is 6.10 Å². The second kappa shape index (κ2) is 6.36. The smallest absolute Gasteiger partial charge is 0.245 e. The van der Waals surface area contributed by atoms with Gasteiger partial charge < -0.3 is 15.8 Å². The molecule has 0 radical (unpaired) electrons. The molecular weight excluding hydrogens is 380 g/mol. The highest BCUT2D eigenvalue weighted by Crippen LogP contribution is 2.57. The molecule has 0 aromatic heterocycles. The maximum Gasteiger partial charge on any atom is 0.245 e. The van der Waals surface area contributed by atoms with Crippen LogP contribution in [-0.2, 0) is 9.53 Å². The average Bonchev–Trinajstić information content (AvgIpc) is 2.50. The first-order valence-corrected chi connectivity index (χ1v) is 8.56. The molecule has 3 atom stereocenters. The molecule has 3 unspecified atom stereocenters. The molecule has 3 rings (SSSR count). The first kappa shape index (κ1) is 18.7. The number of hydrogen-bond acceptors (Lipinski definition) is 3. The van der Waals surface area contributed by atoms with Gasteiger partial charge in [-0.05, 0) is 37.5 Å². The third-order valence-electron chi connectivity index (χ3n) is 5.58. The van der Waals surface area contributed by atoms with Gasteiger partial charge in [-0.25, -0.2) is 0 Å². The Hall–Kier alpha value is -0.620. The molecule has 1 aromatic rings. The van der Waals surface area contributed by atoms with Crippen LogP contribution in [0.25, 0.3) is 0 Å². The van der Waals surface area contributed by atoms with Gasteiger partial charge in [-0.15, -0.1) is 12.4 Å². The summed E-state index contributed by atoms with van der Waals surface area (Å²) in [5.74, 6) is -0.00541. The van der Waals surface area contributed by atoms with Gasteiger partial charge in [-0.2, -0.15) is 0 Å². The molecule has 2 aliphatic rings. The van der Waals surface area contributed by atoms with Crippen LogP contribution in [0.15, 0.2) is 22.7 Å². The minimum absolute atomic E-state index is 0. The summed E-state index contributed by atoms with van der Waals surface area (Å²) in [6.07, 6.45) is 2.01. The van der Waals surface area contributed by atoms with Gasteiger partial charge >= 0.3 is 0 Å². The van der Waals surface area contributed by atoms with Crippen LogP contribution in [0.1, 0.15) is 32.3 Å². The van der Waals surface area contributed by atoms with E-state index in [9.17, 15) is 4.79 Å². The summed E-state index contributed by atoms with van der Waals surface area (Å²) < 4.78 is 6.84. The molecule has 1 aromatic carbocycles. The number of carbonyl (C=O) groups is 1. The number of ether oxygens (including phenoxy) is 1. The summed E-state index contributed by atoms with van der Waals surface area (Å²) in [6, 6.07) is 5.78. The predicted octanol–water partition coefficient (Wildman–Crippen LogP) is 3.65. The highest BCUT2D eigenvalue weighted by molar-refractivity contribution is 9.10. The minimum atomic E-state index is -0.882. The van der Waals surface area contributed by atoms with Crippen molar-refractivity contribution < 1.29 is 9.53 Å². The number of rotatable bonds is 2. The number of halogens is 2. The number of anilines is 1. The Bertz CT molecular complexity index is 623. The molecule has 0 bridgehead atoms. The number of nitrogens with one attached hydrogen (secondary N) is 1. The summed E-state index contributed by atoms with van der Waals surface area (Å²) in [5, 5.41) is 3.03. The molecule has 1 aliphatic carbocycles. The first-order valence-electron chi connectivity index (χ1n) is 7.77. The van der Waals surface area contributed by atoms with Crippen LogP contribution in [0.3, 0.4) is 0 Å². The zero-order valence-electron chi connectivity index (χ0n) is 13.7. The van der Waals surface area contributed by atoms with Crippen LogP contribution >= 0.6 is 28.3 Å². The van der Waals surface area contributed by atoms with Crippen molar-refractivity contribution in [2.45, 2.75) is 45.3 Å². The molecular formula is C17H24BrClN2O2. The van der Waals surface area contributed by atoms with Gasteiger partial charge in [0.1, 0.15) is 5.54 Å². The fraction of sp³-hybridized carbons (Fsp3) is 0.588. The van der Waals surface area contributed by atoms with E-state index in [1.165, 1.54) is 0 Å². The van der Waals surface area contributed by atoms with Crippen LogP contribution < -0.4 is 11.1 Å². The SMILES string of the molecule is Cc1c(Br)cccc1NC(=O)C1(N)C2CCCOC2C1(C)C.Cl. The second-order valence-electron chi connectivity index (χ2n) is 7.00. The lowest BCUT2D eigenvalue weighted by atomic mass is 9.46. The molecule has 1 heterocycles. The van der Waals surface area contributed by atoms with Crippen molar-refractivity contribution in [2.75, 3.05) is 11.9 Å². The molecule has 3 N–H and O–H groups in total. The van der Waals surface area contributed by atoms with E-state index in [-0.39, 0.29) is 35.8 Å². The number of fused-ring (bicyclic) bond motifs is 1. The molecule has 0 spiro atoms. The number of hydrogen-bond donors (Lipinski definition) is 2. The van der Waals surface area contributed by atoms with E-state index < -0.39 is 5.54 Å². The van der Waals surface area contributed by atoms with E-state index in [0.717, 1.165) is 35.2 Å². The van der Waals surface area contributed by atoms with Crippen molar-refractivity contribution >= 4 is 39.9 Å². The monoisotopic (exact) mass is 402 g/mol. The van der Waals surface area contributed by atoms with Gasteiger partial charge in [0, 0.05) is 28.1 Å². The molecule has 1 saturated heterocycles. The topological polar surface area (TPSA) is 64.4 Å². The molecule has 23 heavy (non-hydrogen) atoms. The number of carbonyl (C=O) groups excluding carboxylic acids is 1. The fourth-order valence-corrected chi connectivity index (χ4v) is 4.37. The largest absolute Gasteiger partial charge is 0.377 e. The van der Waals surface area contributed by atoms with E-state index in [1.54, 1.807) is 0 Å². The summed E-state index contributed by atoms with van der Waals surface area (Å²) in [5.41, 5.74) is 7.18. The third-order valence-corrected chi connectivity index (χ3v) is 6.44. The van der Waals surface area contributed by atoms with E-state index in [0.29, 0.717) is 0 Å². The van der Waals surface area contributed by atoms with Crippen LogP contribution in [0.4, 0.5) is 5.69 Å². The van der Waals surface area contributed by atoms with Crippen molar-refractivity contribution in [3.8, 4) is 0 Å². The summed E-state index contributed by atoms with van der Waals surface area (Å²) >= 11 is 3.49. The number of amides is 1. The van der Waals surface area contributed by atoms with Gasteiger partial charge in [0.25, 0.3) is 0 Å². The average molecular weight is 404 g/mol. The molecule has 1 amide bonds. The lowest BCUT2D eigenvalue weighted by Crippen LogP contribution is -2.81. The first-order chi connectivity index (χ1) is 10.3. The maximum absolute atomic E-state index is 12.9. The van der Waals surface area contributed by atoms with Crippen molar-refractivity contribution in [1.82, 2.24) is 0 Å². The standard InChI is InChI=1S/C17H23BrN2O2.ClH/c1-10-12(18)7-4-8-13(10)20-15(21)17(19)11-6-5-9-22-14(11)16(17,2)3;/h4,7-8,11,14H,5-6,9,19H2,1-3H3,(H,20,21);1H. The van der Waals surface area contributed by atoms with Crippen molar-refractivity contribution in [1.29, 1.82) is 0 Å². The quantitative estimate of drug-likeness (QED) is 0.792. The maximum atomic E-state index is 12.9. The van der Waals surface area contributed by atoms with Crippen molar-refractivity contribution in [2.24, 2.45) is 17.1 Å². The lowest BCUT2D eigenvalue weighted by Gasteiger charge is -2.65. The van der Waals surface area contributed by atoms with E-state index >= 15 is 0 Å². The lowest BCUT2D eigenvalue weighted by molar-refractivity contribution is -0.222. The van der Waals surface area contributed by atoms with E-state index in [2.05, 4.69) is 21.2 Å². The Kier molecular flexibility index (Phi) is 5.17. The highest BCUT2D eigenvalue weighted by atomic mass is 79.9. The van der Waals surface area contributed by atoms with Crippen LogP contribution in [-0.4, -0.2) is 24.2 Å². The zero-order chi connectivity index (χ0) is 16.1. The summed E-state index contributed by atoms with van der Waals surface area (Å²) in [6.45, 7) is 6.81. The molecule has 4 nitrogen and oxygen atoms in total. The second-order valence-corrected chi connectivity index (χ2v) is 7.85. The molecule has 128 valence electrons. The Labute approximate surface area is 152 Å². The number of benzene rings is 1. The summed E-state index contributed by atoms with van der Waals surface area (Å²) in [4.78, 5) is 12.9. The Morgan fingerprint density at radius 1 is 1.43 bits per heavy atom. The van der Waals surface area contributed by atoms with Crippen LogP contribution in [0, 0.1) is 18.3 Å². The Morgan fingerprint density at radius 3 is 2.83 bits per heavy atom. The van der Waals surface area contributed by atoms with Crippen LogP contribution in [0.5, 0.6) is 0 Å². The Balaban J connectivity index is 0.00000192. The zero-order valence-corrected chi connectivity index (χ0v) is 16.1. The summed E-state index contributed by atoms with van der Waals surface area (Å²) in [7, 11) is 0. The Morgan fingerprint density at radius 2 is 2.13 bits per heavy atom. The van der Waals surface area contributed by atoms with Gasteiger partial charge in [-0.3, -0.25) is 4.79 Å². The normalized spacial score (nSPS) is 31.3. The van der Waals surface area contributed by atoms with E-state index in [4.69, 9.17) is 10.5 Å². The van der Waals surface area contributed by atoms with E-state index in [1.807, 2.05) is 39.0 Å². The molecule has 1 aliphatic heterocycles.